The lowest BCUT2D eigenvalue weighted by Crippen LogP contribution is -2.20. The summed E-state index contributed by atoms with van der Waals surface area (Å²) >= 11 is 0. The van der Waals surface area contributed by atoms with Crippen molar-refractivity contribution in [1.82, 2.24) is 0 Å². The van der Waals surface area contributed by atoms with Gasteiger partial charge in [0, 0.05) is 0 Å². The maximum Gasteiger partial charge on any atom is 0.158 e. The molecule has 1 rings (SSSR count). The van der Waals surface area contributed by atoms with E-state index in [0.717, 1.165) is 12.3 Å². The van der Waals surface area contributed by atoms with E-state index >= 15 is 0 Å². The number of hydrogen-bond donors (Lipinski definition) is 0. The molecule has 0 aliphatic carbocycles. The topological polar surface area (TPSA) is 0 Å². The summed E-state index contributed by atoms with van der Waals surface area (Å²) < 4.78 is 0. The summed E-state index contributed by atoms with van der Waals surface area (Å²) in [5, 5.41) is 0. The predicted molar refractivity (Wildman–Crippen MR) is 86.3 cm³/mol. The normalized spacial score (nSPS) is 12.3. The van der Waals surface area contributed by atoms with Gasteiger partial charge in [0.2, 0.25) is 0 Å². The molecule has 98 valence electrons. The van der Waals surface area contributed by atoms with Crippen LogP contribution in [-0.4, -0.2) is 7.28 Å². The van der Waals surface area contributed by atoms with Crippen LogP contribution in [0.15, 0.2) is 18.7 Å². The number of benzene rings is 1. The van der Waals surface area contributed by atoms with Crippen molar-refractivity contribution in [2.75, 3.05) is 0 Å². The molecule has 0 aliphatic heterocycles. The van der Waals surface area contributed by atoms with Crippen LogP contribution in [0.1, 0.15) is 50.3 Å². The monoisotopic (exact) mass is 242 g/mol. The van der Waals surface area contributed by atoms with Crippen molar-refractivity contribution >= 4 is 18.3 Å². The Hall–Kier alpha value is -0.975. The van der Waals surface area contributed by atoms with Crippen LogP contribution in [0.5, 0.6) is 0 Å². The van der Waals surface area contributed by atoms with E-state index in [2.05, 4.69) is 53.3 Å². The summed E-state index contributed by atoms with van der Waals surface area (Å²) in [5.74, 6) is 0.829. The Balaban J connectivity index is 2.90. The van der Waals surface area contributed by atoms with Gasteiger partial charge in [-0.05, 0) is 37.0 Å². The summed E-state index contributed by atoms with van der Waals surface area (Å²) in [5.41, 5.74) is 6.92. The molecule has 0 amide bonds. The van der Waals surface area contributed by atoms with Crippen LogP contribution >= 0.6 is 0 Å². The van der Waals surface area contributed by atoms with Crippen LogP contribution in [0.3, 0.4) is 0 Å². The molecule has 1 unspecified atom stereocenters. The smallest absolute Gasteiger partial charge is 0.0952 e. The van der Waals surface area contributed by atoms with E-state index < -0.39 is 0 Å². The van der Waals surface area contributed by atoms with Gasteiger partial charge in [-0.3, -0.25) is 0 Å². The number of allylic oxidation sites excluding steroid dienone is 1. The van der Waals surface area contributed by atoms with Gasteiger partial charge in [-0.2, -0.15) is 0 Å². The van der Waals surface area contributed by atoms with Crippen molar-refractivity contribution in [3.05, 3.63) is 35.4 Å². The van der Waals surface area contributed by atoms with Gasteiger partial charge in [-0.1, -0.05) is 69.2 Å². The lowest BCUT2D eigenvalue weighted by atomic mass is 9.61. The quantitative estimate of drug-likeness (QED) is 0.654. The first-order valence-electron chi connectivity index (χ1n) is 7.27. The van der Waals surface area contributed by atoms with Gasteiger partial charge in [-0.15, -0.1) is 0 Å². The number of aryl methyl sites for hydroxylation is 2. The lowest BCUT2D eigenvalue weighted by molar-refractivity contribution is 0.623. The maximum atomic E-state index is 4.16. The molecule has 0 heterocycles. The fraction of sp³-hybridized carbons (Fsp3) is 0.529. The second-order valence-corrected chi connectivity index (χ2v) is 5.60. The van der Waals surface area contributed by atoms with E-state index in [9.17, 15) is 0 Å². The fourth-order valence-corrected chi connectivity index (χ4v) is 2.32. The molecule has 1 aromatic rings. The van der Waals surface area contributed by atoms with Crippen LogP contribution in [-0.2, 0) is 0 Å². The highest BCUT2D eigenvalue weighted by Crippen LogP contribution is 2.20. The Kier molecular flexibility index (Phi) is 5.72. The molecule has 0 aromatic heterocycles. The largest absolute Gasteiger partial charge is 0.158 e. The molecule has 0 saturated heterocycles. The van der Waals surface area contributed by atoms with Crippen molar-refractivity contribution in [3.8, 4) is 0 Å². The molecular formula is C17H27B. The van der Waals surface area contributed by atoms with Crippen LogP contribution < -0.4 is 5.46 Å². The molecule has 0 fully saturated rings. The number of hydrogen-bond acceptors (Lipinski definition) is 0. The van der Waals surface area contributed by atoms with Gasteiger partial charge in [-0.25, -0.2) is 0 Å². The zero-order valence-electron chi connectivity index (χ0n) is 12.8. The number of rotatable bonds is 6. The third-order valence-corrected chi connectivity index (χ3v) is 4.09. The Bertz CT molecular complexity index is 418. The van der Waals surface area contributed by atoms with Crippen molar-refractivity contribution in [3.63, 3.8) is 0 Å². The Morgan fingerprint density at radius 2 is 1.89 bits per heavy atom. The first-order chi connectivity index (χ1) is 8.49. The van der Waals surface area contributed by atoms with E-state index in [4.69, 9.17) is 0 Å². The average Bonchev–Trinajstić information content (AvgIpc) is 2.37. The van der Waals surface area contributed by atoms with E-state index in [1.165, 1.54) is 47.7 Å². The Labute approximate surface area is 114 Å². The van der Waals surface area contributed by atoms with Gasteiger partial charge in [0.25, 0.3) is 0 Å². The van der Waals surface area contributed by atoms with Gasteiger partial charge in [0.05, 0.1) is 0 Å². The summed E-state index contributed by atoms with van der Waals surface area (Å²) in [6.45, 7) is 15.4. The molecule has 1 atom stereocenters. The van der Waals surface area contributed by atoms with Gasteiger partial charge in [0.1, 0.15) is 0 Å². The Morgan fingerprint density at radius 1 is 1.22 bits per heavy atom. The zero-order chi connectivity index (χ0) is 13.7. The zero-order valence-corrected chi connectivity index (χ0v) is 12.8. The van der Waals surface area contributed by atoms with Crippen molar-refractivity contribution in [2.24, 2.45) is 5.92 Å². The van der Waals surface area contributed by atoms with Crippen LogP contribution in [0.25, 0.3) is 5.57 Å². The fourth-order valence-electron chi connectivity index (χ4n) is 2.32. The second-order valence-electron chi connectivity index (χ2n) is 5.60. The molecule has 1 heteroatoms. The van der Waals surface area contributed by atoms with Crippen LogP contribution in [0, 0.1) is 19.8 Å². The standard InChI is InChI=1S/C17H27B/c1-7-12(3)11-18-17-10-14(5)16(9-15(17)6)13(4)8-2/h9-10,12,18H,4,7-8,11H2,1-3,5-6H3. The van der Waals surface area contributed by atoms with Gasteiger partial charge < -0.3 is 0 Å². The summed E-state index contributed by atoms with van der Waals surface area (Å²) in [6, 6.07) is 4.70. The first-order valence-corrected chi connectivity index (χ1v) is 7.27. The predicted octanol–water partition coefficient (Wildman–Crippen LogP) is 4.25. The minimum atomic E-state index is 0.829. The molecule has 1 aromatic carbocycles. The van der Waals surface area contributed by atoms with E-state index in [1.807, 2.05) is 0 Å². The summed E-state index contributed by atoms with van der Waals surface area (Å²) in [7, 11) is 1.21. The van der Waals surface area contributed by atoms with Crippen LogP contribution in [0.4, 0.5) is 0 Å². The SMILES string of the molecule is C=C(CC)c1cc(C)c(BCC(C)CC)cc1C. The Morgan fingerprint density at radius 3 is 2.44 bits per heavy atom. The van der Waals surface area contributed by atoms with Gasteiger partial charge >= 0.3 is 0 Å². The first kappa shape index (κ1) is 15.1. The van der Waals surface area contributed by atoms with Gasteiger partial charge in [0.15, 0.2) is 7.28 Å². The molecule has 0 bridgehead atoms. The highest BCUT2D eigenvalue weighted by Gasteiger charge is 2.08. The highest BCUT2D eigenvalue weighted by molar-refractivity contribution is 6.54. The van der Waals surface area contributed by atoms with Crippen LogP contribution in [0.2, 0.25) is 6.32 Å². The van der Waals surface area contributed by atoms with E-state index in [0.29, 0.717) is 0 Å². The minimum Gasteiger partial charge on any atom is -0.0952 e. The van der Waals surface area contributed by atoms with E-state index in [-0.39, 0.29) is 0 Å². The summed E-state index contributed by atoms with van der Waals surface area (Å²) in [4.78, 5) is 0. The second kappa shape index (κ2) is 6.82. The molecule has 18 heavy (non-hydrogen) atoms. The molecule has 0 saturated carbocycles. The lowest BCUT2D eigenvalue weighted by Gasteiger charge is -2.14. The summed E-state index contributed by atoms with van der Waals surface area (Å²) in [6.07, 6.45) is 3.61. The third kappa shape index (κ3) is 3.76. The molecular weight excluding hydrogens is 215 g/mol. The van der Waals surface area contributed by atoms with Crippen molar-refractivity contribution < 1.29 is 0 Å². The molecule has 0 aliphatic rings. The maximum absolute atomic E-state index is 4.16. The third-order valence-electron chi connectivity index (χ3n) is 4.09. The molecule has 0 spiro atoms. The highest BCUT2D eigenvalue weighted by atomic mass is 14.1. The van der Waals surface area contributed by atoms with E-state index in [1.54, 1.807) is 0 Å². The minimum absolute atomic E-state index is 0.829. The van der Waals surface area contributed by atoms with Crippen molar-refractivity contribution in [1.29, 1.82) is 0 Å². The molecule has 0 nitrogen and oxygen atoms in total. The molecule has 0 N–H and O–H groups in total. The molecule has 0 radical (unpaired) electrons. The average molecular weight is 242 g/mol. The van der Waals surface area contributed by atoms with Crippen molar-refractivity contribution in [2.45, 2.75) is 53.8 Å².